The summed E-state index contributed by atoms with van der Waals surface area (Å²) >= 11 is 0. The number of H-pyrrole nitrogens is 1. The summed E-state index contributed by atoms with van der Waals surface area (Å²) in [6.07, 6.45) is 0. The highest BCUT2D eigenvalue weighted by atomic mass is 15.5. The fourth-order valence-electron chi connectivity index (χ4n) is 2.65. The maximum Gasteiger partial charge on any atom is 0.204 e. The van der Waals surface area contributed by atoms with E-state index in [1.54, 1.807) is 0 Å². The fourth-order valence-corrected chi connectivity index (χ4v) is 2.65. The van der Waals surface area contributed by atoms with Crippen LogP contribution in [0, 0.1) is 0 Å². The Kier molecular flexibility index (Phi) is 3.73. The van der Waals surface area contributed by atoms with Crippen molar-refractivity contribution < 1.29 is 0 Å². The number of nitrogens with one attached hydrogen (secondary N) is 1. The lowest BCUT2D eigenvalue weighted by Gasteiger charge is -2.25. The molecule has 0 bridgehead atoms. The first-order valence-electron chi connectivity index (χ1n) is 7.66. The Hall–Kier alpha value is -3.47. The minimum atomic E-state index is 0.590. The quantitative estimate of drug-likeness (QED) is 0.609. The van der Waals surface area contributed by atoms with E-state index in [1.807, 2.05) is 48.5 Å². The molecule has 0 fully saturated rings. The first-order chi connectivity index (χ1) is 11.9. The van der Waals surface area contributed by atoms with Gasteiger partial charge in [0.25, 0.3) is 0 Å². The largest absolute Gasteiger partial charge is 0.311 e. The number of tetrazole rings is 1. The van der Waals surface area contributed by atoms with E-state index in [2.05, 4.69) is 61.9 Å². The van der Waals surface area contributed by atoms with Crippen molar-refractivity contribution in [2.75, 3.05) is 4.90 Å². The van der Waals surface area contributed by atoms with Gasteiger partial charge >= 0.3 is 0 Å². The van der Waals surface area contributed by atoms with Crippen molar-refractivity contribution in [2.24, 2.45) is 0 Å². The molecule has 0 radical (unpaired) electrons. The van der Waals surface area contributed by atoms with E-state index in [-0.39, 0.29) is 0 Å². The third kappa shape index (κ3) is 2.75. The smallest absolute Gasteiger partial charge is 0.204 e. The molecule has 0 aliphatic carbocycles. The minimum Gasteiger partial charge on any atom is -0.311 e. The van der Waals surface area contributed by atoms with Crippen molar-refractivity contribution in [3.63, 3.8) is 0 Å². The molecule has 0 aliphatic heterocycles. The Balaban J connectivity index is 1.77. The van der Waals surface area contributed by atoms with Crippen LogP contribution in [-0.4, -0.2) is 20.6 Å². The highest BCUT2D eigenvalue weighted by molar-refractivity contribution is 5.77. The van der Waals surface area contributed by atoms with Crippen molar-refractivity contribution in [2.45, 2.75) is 0 Å². The first kappa shape index (κ1) is 14.1. The van der Waals surface area contributed by atoms with E-state index < -0.39 is 0 Å². The number of rotatable bonds is 4. The second kappa shape index (κ2) is 6.34. The molecule has 5 nitrogen and oxygen atoms in total. The maximum atomic E-state index is 4.02. The summed E-state index contributed by atoms with van der Waals surface area (Å²) in [5.74, 6) is 0.590. The molecule has 116 valence electrons. The van der Waals surface area contributed by atoms with Crippen LogP contribution in [0.15, 0.2) is 84.9 Å². The van der Waals surface area contributed by atoms with Gasteiger partial charge in [-0.3, -0.25) is 0 Å². The van der Waals surface area contributed by atoms with Gasteiger partial charge < -0.3 is 4.90 Å². The van der Waals surface area contributed by atoms with Crippen LogP contribution in [-0.2, 0) is 0 Å². The normalized spacial score (nSPS) is 10.5. The van der Waals surface area contributed by atoms with Crippen LogP contribution in [0.3, 0.4) is 0 Å². The van der Waals surface area contributed by atoms with Crippen molar-refractivity contribution in [3.8, 4) is 11.4 Å². The molecule has 0 saturated heterocycles. The van der Waals surface area contributed by atoms with E-state index in [9.17, 15) is 0 Å². The molecule has 1 heterocycles. The molecule has 0 spiro atoms. The van der Waals surface area contributed by atoms with Crippen LogP contribution >= 0.6 is 0 Å². The Labute approximate surface area is 139 Å². The van der Waals surface area contributed by atoms with E-state index in [1.165, 1.54) is 0 Å². The van der Waals surface area contributed by atoms with Crippen LogP contribution in [0.2, 0.25) is 0 Å². The molecule has 0 unspecified atom stereocenters. The predicted molar refractivity (Wildman–Crippen MR) is 94.3 cm³/mol. The zero-order chi connectivity index (χ0) is 16.2. The van der Waals surface area contributed by atoms with E-state index in [0.29, 0.717) is 5.82 Å². The number of hydrogen-bond donors (Lipinski definition) is 1. The van der Waals surface area contributed by atoms with Gasteiger partial charge in [-0.15, -0.1) is 10.2 Å². The molecule has 1 N–H and O–H groups in total. The molecule has 1 aromatic heterocycles. The number of nitrogens with zero attached hydrogens (tertiary/aromatic N) is 4. The van der Waals surface area contributed by atoms with Crippen molar-refractivity contribution in [1.82, 2.24) is 20.6 Å². The zero-order valence-electron chi connectivity index (χ0n) is 12.9. The lowest BCUT2D eigenvalue weighted by Crippen LogP contribution is -2.09. The summed E-state index contributed by atoms with van der Waals surface area (Å²) in [7, 11) is 0. The summed E-state index contributed by atoms with van der Waals surface area (Å²) < 4.78 is 0. The van der Waals surface area contributed by atoms with Crippen LogP contribution in [0.5, 0.6) is 0 Å². The summed E-state index contributed by atoms with van der Waals surface area (Å²) in [5, 5.41) is 14.1. The average Bonchev–Trinajstić information content (AvgIpc) is 3.19. The lowest BCUT2D eigenvalue weighted by molar-refractivity contribution is 0.881. The van der Waals surface area contributed by atoms with Gasteiger partial charge in [0.05, 0.1) is 0 Å². The Bertz CT molecular complexity index is 848. The molecule has 3 aromatic carbocycles. The standard InChI is InChI=1S/C19H15N5/c1-3-7-16(8-4-1)24(17-9-5-2-6-10-17)18-13-11-15(12-14-18)19-20-22-23-21-19/h1-14H,(H,20,21,22,23). The number of aromatic nitrogens is 4. The Morgan fingerprint density at radius 1 is 0.625 bits per heavy atom. The van der Waals surface area contributed by atoms with Crippen LogP contribution in [0.4, 0.5) is 17.1 Å². The molecule has 4 rings (SSSR count). The molecule has 0 amide bonds. The summed E-state index contributed by atoms with van der Waals surface area (Å²) in [6, 6.07) is 28.7. The molecule has 0 aliphatic rings. The van der Waals surface area contributed by atoms with E-state index in [4.69, 9.17) is 0 Å². The monoisotopic (exact) mass is 313 g/mol. The molecule has 0 atom stereocenters. The third-order valence-corrected chi connectivity index (χ3v) is 3.76. The second-order valence-electron chi connectivity index (χ2n) is 5.29. The number of hydrogen-bond acceptors (Lipinski definition) is 4. The number of anilines is 3. The average molecular weight is 313 g/mol. The minimum absolute atomic E-state index is 0.590. The summed E-state index contributed by atoms with van der Waals surface area (Å²) in [4.78, 5) is 2.21. The summed E-state index contributed by atoms with van der Waals surface area (Å²) in [5.41, 5.74) is 4.21. The zero-order valence-corrected chi connectivity index (χ0v) is 12.9. The molecular weight excluding hydrogens is 298 g/mol. The van der Waals surface area contributed by atoms with E-state index >= 15 is 0 Å². The third-order valence-electron chi connectivity index (χ3n) is 3.76. The highest BCUT2D eigenvalue weighted by Gasteiger charge is 2.12. The van der Waals surface area contributed by atoms with Crippen LogP contribution in [0.25, 0.3) is 11.4 Å². The Morgan fingerprint density at radius 3 is 1.67 bits per heavy atom. The second-order valence-corrected chi connectivity index (χ2v) is 5.29. The maximum absolute atomic E-state index is 4.02. The van der Waals surface area contributed by atoms with Gasteiger partial charge in [0, 0.05) is 22.6 Å². The van der Waals surface area contributed by atoms with Crippen molar-refractivity contribution in [1.29, 1.82) is 0 Å². The van der Waals surface area contributed by atoms with Crippen LogP contribution in [0.1, 0.15) is 0 Å². The van der Waals surface area contributed by atoms with Gasteiger partial charge in [-0.2, -0.15) is 5.21 Å². The van der Waals surface area contributed by atoms with Crippen LogP contribution < -0.4 is 4.90 Å². The lowest BCUT2D eigenvalue weighted by atomic mass is 10.1. The molecule has 24 heavy (non-hydrogen) atoms. The number of aromatic amines is 1. The topological polar surface area (TPSA) is 57.7 Å². The fraction of sp³-hybridized carbons (Fsp3) is 0. The van der Waals surface area contributed by atoms with E-state index in [0.717, 1.165) is 22.6 Å². The first-order valence-corrected chi connectivity index (χ1v) is 7.66. The number of para-hydroxylation sites is 2. The van der Waals surface area contributed by atoms with Gasteiger partial charge in [0.15, 0.2) is 0 Å². The highest BCUT2D eigenvalue weighted by Crippen LogP contribution is 2.34. The van der Waals surface area contributed by atoms with Gasteiger partial charge in [-0.25, -0.2) is 0 Å². The van der Waals surface area contributed by atoms with Crippen molar-refractivity contribution in [3.05, 3.63) is 84.9 Å². The Morgan fingerprint density at radius 2 is 1.17 bits per heavy atom. The van der Waals surface area contributed by atoms with Gasteiger partial charge in [0.2, 0.25) is 5.82 Å². The number of benzene rings is 3. The molecule has 5 heteroatoms. The molecule has 4 aromatic rings. The van der Waals surface area contributed by atoms with Gasteiger partial charge in [-0.05, 0) is 53.7 Å². The van der Waals surface area contributed by atoms with Gasteiger partial charge in [0.1, 0.15) is 0 Å². The molecular formula is C19H15N5. The van der Waals surface area contributed by atoms with Gasteiger partial charge in [-0.1, -0.05) is 36.4 Å². The predicted octanol–water partition coefficient (Wildman–Crippen LogP) is 4.34. The molecule has 0 saturated carbocycles. The SMILES string of the molecule is c1ccc(N(c2ccccc2)c2ccc(-c3nn[nH]n3)cc2)cc1. The summed E-state index contributed by atoms with van der Waals surface area (Å²) in [6.45, 7) is 0. The van der Waals surface area contributed by atoms with Crippen molar-refractivity contribution >= 4 is 17.1 Å².